The first-order valence-electron chi connectivity index (χ1n) is 10.6. The Labute approximate surface area is 154 Å². The molecule has 3 aliphatic carbocycles. The molecule has 25 heavy (non-hydrogen) atoms. The van der Waals surface area contributed by atoms with Crippen molar-refractivity contribution < 1.29 is 4.74 Å². The highest BCUT2D eigenvalue weighted by Gasteiger charge is 2.38. The highest BCUT2D eigenvalue weighted by molar-refractivity contribution is 4.89. The molecule has 0 spiro atoms. The summed E-state index contributed by atoms with van der Waals surface area (Å²) < 4.78 is 6.06. The molecule has 0 amide bonds. The molecule has 4 heteroatoms. The summed E-state index contributed by atoms with van der Waals surface area (Å²) in [4.78, 5) is 0. The maximum absolute atomic E-state index is 6.27. The summed E-state index contributed by atoms with van der Waals surface area (Å²) in [6, 6.07) is 0.250. The maximum Gasteiger partial charge on any atom is 0.119 e. The predicted molar refractivity (Wildman–Crippen MR) is 106 cm³/mol. The van der Waals surface area contributed by atoms with Crippen LogP contribution < -0.4 is 17.2 Å². The monoisotopic (exact) mass is 351 g/mol. The molecule has 0 aromatic carbocycles. The lowest BCUT2D eigenvalue weighted by Crippen LogP contribution is -2.56. The van der Waals surface area contributed by atoms with E-state index in [1.807, 2.05) is 6.08 Å². The van der Waals surface area contributed by atoms with E-state index in [1.165, 1.54) is 70.6 Å². The zero-order valence-corrected chi connectivity index (χ0v) is 16.2. The molecule has 3 aliphatic rings. The van der Waals surface area contributed by atoms with Crippen molar-refractivity contribution in [2.24, 2.45) is 23.1 Å². The van der Waals surface area contributed by atoms with Crippen LogP contribution in [-0.4, -0.2) is 17.5 Å². The number of ether oxygens (including phenoxy) is 1. The van der Waals surface area contributed by atoms with E-state index in [2.05, 4.69) is 6.58 Å². The number of rotatable bonds is 4. The van der Waals surface area contributed by atoms with Crippen LogP contribution in [0, 0.1) is 5.92 Å². The minimum atomic E-state index is -0.426. The van der Waals surface area contributed by atoms with Gasteiger partial charge >= 0.3 is 0 Å². The lowest BCUT2D eigenvalue weighted by Gasteiger charge is -2.43. The van der Waals surface area contributed by atoms with E-state index in [9.17, 15) is 0 Å². The summed E-state index contributed by atoms with van der Waals surface area (Å²) in [6.45, 7) is 3.71. The van der Waals surface area contributed by atoms with Crippen LogP contribution in [0.25, 0.3) is 0 Å². The SMILES string of the molecule is C=CC(N)C1CCCCC1.NC1(OC2(N)CCCCC2)CCCCC1. The Morgan fingerprint density at radius 3 is 1.56 bits per heavy atom. The average molecular weight is 352 g/mol. The van der Waals surface area contributed by atoms with Crippen LogP contribution in [0.15, 0.2) is 12.7 Å². The van der Waals surface area contributed by atoms with Gasteiger partial charge in [0.15, 0.2) is 0 Å². The van der Waals surface area contributed by atoms with Gasteiger partial charge in [-0.25, -0.2) is 0 Å². The molecule has 3 saturated carbocycles. The van der Waals surface area contributed by atoms with E-state index >= 15 is 0 Å². The summed E-state index contributed by atoms with van der Waals surface area (Å²) in [5.41, 5.74) is 17.5. The highest BCUT2D eigenvalue weighted by Crippen LogP contribution is 2.35. The second-order valence-electron chi connectivity index (χ2n) is 8.56. The van der Waals surface area contributed by atoms with E-state index in [4.69, 9.17) is 21.9 Å². The molecule has 0 heterocycles. The van der Waals surface area contributed by atoms with Gasteiger partial charge in [0.2, 0.25) is 0 Å². The molecule has 3 fully saturated rings. The van der Waals surface area contributed by atoms with Gasteiger partial charge in [-0.3, -0.25) is 0 Å². The maximum atomic E-state index is 6.27. The third-order valence-electron chi connectivity index (χ3n) is 6.27. The Hall–Kier alpha value is -0.420. The highest BCUT2D eigenvalue weighted by atomic mass is 16.5. The fourth-order valence-corrected chi connectivity index (χ4v) is 4.62. The zero-order valence-electron chi connectivity index (χ0n) is 16.2. The lowest BCUT2D eigenvalue weighted by atomic mass is 9.84. The van der Waals surface area contributed by atoms with Crippen LogP contribution >= 0.6 is 0 Å². The van der Waals surface area contributed by atoms with Crippen molar-refractivity contribution in [1.82, 2.24) is 0 Å². The quantitative estimate of drug-likeness (QED) is 0.520. The Morgan fingerprint density at radius 1 is 0.760 bits per heavy atom. The first-order chi connectivity index (χ1) is 12.0. The van der Waals surface area contributed by atoms with Gasteiger partial charge in [-0.15, -0.1) is 6.58 Å². The Morgan fingerprint density at radius 2 is 1.16 bits per heavy atom. The van der Waals surface area contributed by atoms with Crippen LogP contribution in [0.3, 0.4) is 0 Å². The van der Waals surface area contributed by atoms with Crippen LogP contribution in [0.4, 0.5) is 0 Å². The molecule has 1 unspecified atom stereocenters. The first-order valence-corrected chi connectivity index (χ1v) is 10.6. The summed E-state index contributed by atoms with van der Waals surface area (Å²) in [7, 11) is 0. The van der Waals surface area contributed by atoms with Gasteiger partial charge in [0.05, 0.1) is 0 Å². The Balaban J connectivity index is 0.000000196. The van der Waals surface area contributed by atoms with Gasteiger partial charge in [-0.2, -0.15) is 0 Å². The van der Waals surface area contributed by atoms with Crippen molar-refractivity contribution in [1.29, 1.82) is 0 Å². The zero-order chi connectivity index (χ0) is 18.2. The molecule has 0 aliphatic heterocycles. The molecule has 0 aromatic heterocycles. The van der Waals surface area contributed by atoms with Crippen molar-refractivity contribution >= 4 is 0 Å². The molecule has 6 N–H and O–H groups in total. The minimum absolute atomic E-state index is 0.250. The van der Waals surface area contributed by atoms with E-state index in [0.29, 0.717) is 0 Å². The molecule has 0 saturated heterocycles. The molecule has 3 rings (SSSR count). The average Bonchev–Trinajstić information content (AvgIpc) is 2.62. The second-order valence-corrected chi connectivity index (χ2v) is 8.56. The standard InChI is InChI=1S/C12H24N2O.C9H17N/c13-11(7-3-1-4-8-11)15-12(14)9-5-2-6-10-12;1-2-9(10)8-6-4-3-5-7-8/h1-10,13-14H2;2,8-9H,1,3-7,10H2. The van der Waals surface area contributed by atoms with Gasteiger partial charge in [0.25, 0.3) is 0 Å². The van der Waals surface area contributed by atoms with Crippen LogP contribution in [-0.2, 0) is 4.74 Å². The number of hydrogen-bond donors (Lipinski definition) is 3. The Bertz CT molecular complexity index is 359. The van der Waals surface area contributed by atoms with Gasteiger partial charge in [0, 0.05) is 6.04 Å². The first kappa shape index (κ1) is 20.9. The third-order valence-corrected chi connectivity index (χ3v) is 6.27. The minimum Gasteiger partial charge on any atom is -0.340 e. The lowest BCUT2D eigenvalue weighted by molar-refractivity contribution is -0.179. The molecule has 0 bridgehead atoms. The summed E-state index contributed by atoms with van der Waals surface area (Å²) in [6.07, 6.45) is 19.9. The van der Waals surface area contributed by atoms with Gasteiger partial charge in [-0.05, 0) is 70.1 Å². The topological polar surface area (TPSA) is 87.3 Å². The largest absolute Gasteiger partial charge is 0.340 e. The van der Waals surface area contributed by atoms with Crippen molar-refractivity contribution in [3.63, 3.8) is 0 Å². The fraction of sp³-hybridized carbons (Fsp3) is 0.905. The van der Waals surface area contributed by atoms with E-state index in [-0.39, 0.29) is 6.04 Å². The van der Waals surface area contributed by atoms with E-state index < -0.39 is 11.4 Å². The van der Waals surface area contributed by atoms with Gasteiger partial charge < -0.3 is 21.9 Å². The van der Waals surface area contributed by atoms with Gasteiger partial charge in [-0.1, -0.05) is 38.2 Å². The normalized spacial score (nSPS) is 27.6. The molecule has 4 nitrogen and oxygen atoms in total. The molecule has 146 valence electrons. The molecule has 0 radical (unpaired) electrons. The third kappa shape index (κ3) is 7.01. The smallest absolute Gasteiger partial charge is 0.119 e. The second kappa shape index (κ2) is 10.1. The van der Waals surface area contributed by atoms with Crippen molar-refractivity contribution in [3.05, 3.63) is 12.7 Å². The van der Waals surface area contributed by atoms with Crippen molar-refractivity contribution in [3.8, 4) is 0 Å². The van der Waals surface area contributed by atoms with Gasteiger partial charge in [0.1, 0.15) is 11.4 Å². The molecule has 1 atom stereocenters. The van der Waals surface area contributed by atoms with Crippen LogP contribution in [0.5, 0.6) is 0 Å². The number of hydrogen-bond acceptors (Lipinski definition) is 4. The van der Waals surface area contributed by atoms with Crippen molar-refractivity contribution in [2.45, 2.75) is 114 Å². The van der Waals surface area contributed by atoms with Crippen LogP contribution in [0.2, 0.25) is 0 Å². The van der Waals surface area contributed by atoms with E-state index in [0.717, 1.165) is 31.6 Å². The summed E-state index contributed by atoms with van der Waals surface area (Å²) in [5.74, 6) is 0.728. The van der Waals surface area contributed by atoms with Crippen LogP contribution in [0.1, 0.15) is 96.3 Å². The predicted octanol–water partition coefficient (Wildman–Crippen LogP) is 4.32. The molecular weight excluding hydrogens is 310 g/mol. The summed E-state index contributed by atoms with van der Waals surface area (Å²) in [5, 5.41) is 0. The number of nitrogens with two attached hydrogens (primary N) is 3. The fourth-order valence-electron chi connectivity index (χ4n) is 4.62. The molecular formula is C21H41N3O. The van der Waals surface area contributed by atoms with Crippen molar-refractivity contribution in [2.75, 3.05) is 0 Å². The summed E-state index contributed by atoms with van der Waals surface area (Å²) >= 11 is 0. The van der Waals surface area contributed by atoms with E-state index in [1.54, 1.807) is 0 Å². The molecule has 0 aromatic rings. The Kier molecular flexibility index (Phi) is 8.40.